The van der Waals surface area contributed by atoms with Gasteiger partial charge in [-0.15, -0.1) is 0 Å². The highest BCUT2D eigenvalue weighted by Crippen LogP contribution is 2.31. The molecule has 1 amide bonds. The molecule has 2 N–H and O–H groups in total. The Balaban J connectivity index is 1.86. The van der Waals surface area contributed by atoms with Gasteiger partial charge in [-0.2, -0.15) is 0 Å². The SMILES string of the molecule is CC(C)(C)c1ccc(O)c(NC(=O)c2nc(N3CCOCC3)ncc2Cl)c1. The molecule has 1 aromatic carbocycles. The number of hydrogen-bond acceptors (Lipinski definition) is 6. The topological polar surface area (TPSA) is 87.6 Å². The maximum absolute atomic E-state index is 12.7. The molecular weight excluding hydrogens is 368 g/mol. The van der Waals surface area contributed by atoms with Crippen molar-refractivity contribution in [2.75, 3.05) is 36.5 Å². The van der Waals surface area contributed by atoms with E-state index in [1.165, 1.54) is 6.20 Å². The summed E-state index contributed by atoms with van der Waals surface area (Å²) in [6.45, 7) is 8.64. The predicted molar refractivity (Wildman–Crippen MR) is 105 cm³/mol. The van der Waals surface area contributed by atoms with Gasteiger partial charge in [-0.05, 0) is 23.1 Å². The third-order valence-electron chi connectivity index (χ3n) is 4.35. The highest BCUT2D eigenvalue weighted by Gasteiger charge is 2.21. The summed E-state index contributed by atoms with van der Waals surface area (Å²) in [6, 6.07) is 5.15. The molecule has 0 atom stereocenters. The minimum absolute atomic E-state index is 0.0186. The molecule has 0 aliphatic carbocycles. The van der Waals surface area contributed by atoms with Crippen LogP contribution in [0.15, 0.2) is 24.4 Å². The van der Waals surface area contributed by atoms with Crippen molar-refractivity contribution in [3.05, 3.63) is 40.7 Å². The monoisotopic (exact) mass is 390 g/mol. The smallest absolute Gasteiger partial charge is 0.276 e. The standard InChI is InChI=1S/C19H23ClN4O3/c1-19(2,3)12-4-5-15(25)14(10-12)22-17(26)16-13(20)11-21-18(23-16)24-6-8-27-9-7-24/h4-5,10-11,25H,6-9H2,1-3H3,(H,22,26). The van der Waals surface area contributed by atoms with Crippen LogP contribution in [-0.2, 0) is 10.2 Å². The summed E-state index contributed by atoms with van der Waals surface area (Å²) in [6.07, 6.45) is 1.42. The van der Waals surface area contributed by atoms with E-state index in [0.29, 0.717) is 37.9 Å². The number of ether oxygens (including phenoxy) is 1. The molecule has 8 heteroatoms. The van der Waals surface area contributed by atoms with E-state index in [0.717, 1.165) is 5.56 Å². The Morgan fingerprint density at radius 2 is 2.00 bits per heavy atom. The van der Waals surface area contributed by atoms with Gasteiger partial charge >= 0.3 is 0 Å². The summed E-state index contributed by atoms with van der Waals surface area (Å²) in [5.74, 6) is -0.0892. The Kier molecular flexibility index (Phi) is 5.53. The van der Waals surface area contributed by atoms with Crippen LogP contribution in [0.4, 0.5) is 11.6 Å². The number of phenolic OH excluding ortho intramolecular Hbond substituents is 1. The van der Waals surface area contributed by atoms with Crippen molar-refractivity contribution < 1.29 is 14.6 Å². The molecule has 0 bridgehead atoms. The van der Waals surface area contributed by atoms with E-state index >= 15 is 0 Å². The average Bonchev–Trinajstić information content (AvgIpc) is 2.63. The molecule has 144 valence electrons. The molecule has 0 unspecified atom stereocenters. The number of amides is 1. The fourth-order valence-corrected chi connectivity index (χ4v) is 2.89. The van der Waals surface area contributed by atoms with Gasteiger partial charge in [0.05, 0.1) is 30.1 Å². The zero-order valence-corrected chi connectivity index (χ0v) is 16.4. The molecule has 0 saturated carbocycles. The number of hydrogen-bond donors (Lipinski definition) is 2. The lowest BCUT2D eigenvalue weighted by atomic mass is 9.87. The molecule has 7 nitrogen and oxygen atoms in total. The quantitative estimate of drug-likeness (QED) is 0.782. The summed E-state index contributed by atoms with van der Waals surface area (Å²) in [4.78, 5) is 23.2. The molecule has 2 heterocycles. The maximum atomic E-state index is 12.7. The number of carbonyl (C=O) groups is 1. The first-order chi connectivity index (χ1) is 12.8. The molecular formula is C19H23ClN4O3. The lowest BCUT2D eigenvalue weighted by Crippen LogP contribution is -2.37. The van der Waals surface area contributed by atoms with Crippen molar-refractivity contribution in [2.45, 2.75) is 26.2 Å². The van der Waals surface area contributed by atoms with E-state index in [4.69, 9.17) is 16.3 Å². The molecule has 2 aromatic rings. The highest BCUT2D eigenvalue weighted by molar-refractivity contribution is 6.34. The van der Waals surface area contributed by atoms with Gasteiger partial charge in [0.1, 0.15) is 5.75 Å². The van der Waals surface area contributed by atoms with Crippen molar-refractivity contribution in [1.82, 2.24) is 9.97 Å². The van der Waals surface area contributed by atoms with Crippen LogP contribution < -0.4 is 10.2 Å². The van der Waals surface area contributed by atoms with Crippen LogP contribution in [0.2, 0.25) is 5.02 Å². The van der Waals surface area contributed by atoms with Gasteiger partial charge in [0, 0.05) is 13.1 Å². The van der Waals surface area contributed by atoms with Crippen molar-refractivity contribution >= 4 is 29.1 Å². The summed E-state index contributed by atoms with van der Waals surface area (Å²) in [5, 5.41) is 13.0. The van der Waals surface area contributed by atoms with Crippen LogP contribution in [0.1, 0.15) is 36.8 Å². The zero-order valence-electron chi connectivity index (χ0n) is 15.6. The molecule has 3 rings (SSSR count). The van der Waals surface area contributed by atoms with E-state index in [2.05, 4.69) is 36.1 Å². The summed E-state index contributed by atoms with van der Waals surface area (Å²) in [5.41, 5.74) is 1.24. The Morgan fingerprint density at radius 3 is 2.67 bits per heavy atom. The number of carbonyl (C=O) groups excluding carboxylic acids is 1. The molecule has 1 aliphatic heterocycles. The molecule has 1 saturated heterocycles. The molecule has 1 aromatic heterocycles. The van der Waals surface area contributed by atoms with Crippen LogP contribution >= 0.6 is 11.6 Å². The predicted octanol–water partition coefficient (Wildman–Crippen LogP) is 3.22. The van der Waals surface area contributed by atoms with Crippen molar-refractivity contribution in [1.29, 1.82) is 0 Å². The van der Waals surface area contributed by atoms with Crippen molar-refractivity contribution in [3.63, 3.8) is 0 Å². The second kappa shape index (κ2) is 7.70. The number of rotatable bonds is 3. The first-order valence-electron chi connectivity index (χ1n) is 8.76. The molecule has 27 heavy (non-hydrogen) atoms. The number of anilines is 2. The number of morpholine rings is 1. The van der Waals surface area contributed by atoms with Crippen LogP contribution in [-0.4, -0.2) is 47.3 Å². The second-order valence-corrected chi connectivity index (χ2v) is 7.81. The van der Waals surface area contributed by atoms with Gasteiger partial charge in [-0.25, -0.2) is 9.97 Å². The van der Waals surface area contributed by atoms with E-state index < -0.39 is 5.91 Å². The molecule has 1 fully saturated rings. The minimum atomic E-state index is -0.502. The fourth-order valence-electron chi connectivity index (χ4n) is 2.72. The summed E-state index contributed by atoms with van der Waals surface area (Å²) >= 11 is 6.15. The average molecular weight is 391 g/mol. The van der Waals surface area contributed by atoms with Crippen molar-refractivity contribution in [2.24, 2.45) is 0 Å². The lowest BCUT2D eigenvalue weighted by Gasteiger charge is -2.26. The number of aromatic nitrogens is 2. The molecule has 0 radical (unpaired) electrons. The number of phenols is 1. The van der Waals surface area contributed by atoms with E-state index in [1.807, 2.05) is 11.0 Å². The number of aromatic hydroxyl groups is 1. The van der Waals surface area contributed by atoms with Gasteiger partial charge in [-0.1, -0.05) is 38.4 Å². The first kappa shape index (κ1) is 19.4. The highest BCUT2D eigenvalue weighted by atomic mass is 35.5. The van der Waals surface area contributed by atoms with Gasteiger partial charge in [-0.3, -0.25) is 4.79 Å². The first-order valence-corrected chi connectivity index (χ1v) is 9.13. The fraction of sp³-hybridized carbons (Fsp3) is 0.421. The van der Waals surface area contributed by atoms with E-state index in [9.17, 15) is 9.90 Å². The summed E-state index contributed by atoms with van der Waals surface area (Å²) < 4.78 is 5.32. The van der Waals surface area contributed by atoms with Gasteiger partial charge in [0.25, 0.3) is 5.91 Å². The zero-order chi connectivity index (χ0) is 19.6. The van der Waals surface area contributed by atoms with Gasteiger partial charge < -0.3 is 20.1 Å². The maximum Gasteiger partial charge on any atom is 0.276 e. The van der Waals surface area contributed by atoms with Gasteiger partial charge in [0.2, 0.25) is 5.95 Å². The molecule has 1 aliphatic rings. The number of benzene rings is 1. The van der Waals surface area contributed by atoms with Crippen molar-refractivity contribution in [3.8, 4) is 5.75 Å². The van der Waals surface area contributed by atoms with E-state index in [1.54, 1.807) is 12.1 Å². The number of nitrogens with one attached hydrogen (secondary N) is 1. The number of nitrogens with zero attached hydrogens (tertiary/aromatic N) is 3. The van der Waals surface area contributed by atoms with E-state index in [-0.39, 0.29) is 21.9 Å². The van der Waals surface area contributed by atoms with Crippen LogP contribution in [0.3, 0.4) is 0 Å². The van der Waals surface area contributed by atoms with Crippen LogP contribution in [0, 0.1) is 0 Å². The number of halogens is 1. The van der Waals surface area contributed by atoms with Crippen LogP contribution in [0.25, 0.3) is 0 Å². The largest absolute Gasteiger partial charge is 0.506 e. The molecule has 0 spiro atoms. The minimum Gasteiger partial charge on any atom is -0.506 e. The lowest BCUT2D eigenvalue weighted by molar-refractivity contribution is 0.102. The van der Waals surface area contributed by atoms with Gasteiger partial charge in [0.15, 0.2) is 5.69 Å². The Labute approximate surface area is 163 Å². The normalized spacial score (nSPS) is 14.9. The summed E-state index contributed by atoms with van der Waals surface area (Å²) in [7, 11) is 0. The Bertz CT molecular complexity index is 845. The Morgan fingerprint density at radius 1 is 1.30 bits per heavy atom. The second-order valence-electron chi connectivity index (χ2n) is 7.40. The van der Waals surface area contributed by atoms with Crippen LogP contribution in [0.5, 0.6) is 5.75 Å². The third kappa shape index (κ3) is 4.48. The Hall–Kier alpha value is -2.38. The third-order valence-corrected chi connectivity index (χ3v) is 4.63.